The second-order valence-corrected chi connectivity index (χ2v) is 5.99. The third-order valence-electron chi connectivity index (χ3n) is 3.95. The lowest BCUT2D eigenvalue weighted by Gasteiger charge is -2.34. The normalized spacial score (nSPS) is 17.6. The zero-order valence-electron chi connectivity index (χ0n) is 12.8. The highest BCUT2D eigenvalue weighted by Gasteiger charge is 2.28. The molecular formula is C16H25N3O. The lowest BCUT2D eigenvalue weighted by atomic mass is 9.83. The van der Waals surface area contributed by atoms with Crippen LogP contribution in [0.25, 0.3) is 0 Å². The van der Waals surface area contributed by atoms with Crippen LogP contribution in [-0.2, 0) is 0 Å². The van der Waals surface area contributed by atoms with E-state index in [1.165, 1.54) is 19.3 Å². The van der Waals surface area contributed by atoms with E-state index >= 15 is 0 Å². The van der Waals surface area contributed by atoms with Gasteiger partial charge in [-0.2, -0.15) is 0 Å². The standard InChI is InChI=1S/C16H25N3O/c1-4-17-14-11-13(10-12(2)18-14)15(20)19-16(3)8-6-5-7-9-16/h10-11H,4-9H2,1-3H3,(H,17,18)(H,19,20). The number of hydrogen-bond acceptors (Lipinski definition) is 3. The minimum absolute atomic E-state index is 0.0130. The van der Waals surface area contributed by atoms with Crippen LogP contribution in [0.5, 0.6) is 0 Å². The van der Waals surface area contributed by atoms with E-state index < -0.39 is 0 Å². The van der Waals surface area contributed by atoms with E-state index in [1.807, 2.05) is 26.0 Å². The summed E-state index contributed by atoms with van der Waals surface area (Å²) in [5.74, 6) is 0.783. The Kier molecular flexibility index (Phi) is 4.63. The Bertz CT molecular complexity index is 479. The van der Waals surface area contributed by atoms with Gasteiger partial charge in [0.1, 0.15) is 5.82 Å². The van der Waals surface area contributed by atoms with Crippen LogP contribution >= 0.6 is 0 Å². The molecular weight excluding hydrogens is 250 g/mol. The molecule has 0 aliphatic heterocycles. The number of anilines is 1. The number of aromatic nitrogens is 1. The zero-order valence-corrected chi connectivity index (χ0v) is 12.8. The Morgan fingerprint density at radius 2 is 2.00 bits per heavy atom. The molecule has 20 heavy (non-hydrogen) atoms. The Labute approximate surface area is 121 Å². The number of carbonyl (C=O) groups is 1. The van der Waals surface area contributed by atoms with Crippen LogP contribution in [0.2, 0.25) is 0 Å². The van der Waals surface area contributed by atoms with Crippen molar-refractivity contribution in [3.8, 4) is 0 Å². The molecule has 0 bridgehead atoms. The van der Waals surface area contributed by atoms with Crippen LogP contribution in [0.3, 0.4) is 0 Å². The van der Waals surface area contributed by atoms with Crippen LogP contribution in [0.4, 0.5) is 5.82 Å². The SMILES string of the molecule is CCNc1cc(C(=O)NC2(C)CCCCC2)cc(C)n1. The summed E-state index contributed by atoms with van der Waals surface area (Å²) in [6.45, 7) is 6.89. The summed E-state index contributed by atoms with van der Waals surface area (Å²) < 4.78 is 0. The molecule has 0 saturated heterocycles. The molecule has 0 atom stereocenters. The Morgan fingerprint density at radius 1 is 1.30 bits per heavy atom. The zero-order chi connectivity index (χ0) is 14.6. The van der Waals surface area contributed by atoms with Crippen molar-refractivity contribution in [1.82, 2.24) is 10.3 Å². The van der Waals surface area contributed by atoms with Gasteiger partial charge in [-0.25, -0.2) is 4.98 Å². The van der Waals surface area contributed by atoms with Gasteiger partial charge in [0.25, 0.3) is 5.91 Å². The summed E-state index contributed by atoms with van der Waals surface area (Å²) >= 11 is 0. The minimum atomic E-state index is -0.0507. The lowest BCUT2D eigenvalue weighted by Crippen LogP contribution is -2.47. The van der Waals surface area contributed by atoms with Crippen LogP contribution in [0.1, 0.15) is 62.0 Å². The highest BCUT2D eigenvalue weighted by Crippen LogP contribution is 2.28. The number of nitrogens with zero attached hydrogens (tertiary/aromatic N) is 1. The molecule has 1 fully saturated rings. The molecule has 0 unspecified atom stereocenters. The highest BCUT2D eigenvalue weighted by atomic mass is 16.1. The maximum atomic E-state index is 12.5. The first-order chi connectivity index (χ1) is 9.52. The molecule has 0 radical (unpaired) electrons. The molecule has 0 spiro atoms. The van der Waals surface area contributed by atoms with Crippen molar-refractivity contribution in [3.63, 3.8) is 0 Å². The predicted molar refractivity (Wildman–Crippen MR) is 82.1 cm³/mol. The largest absolute Gasteiger partial charge is 0.370 e. The van der Waals surface area contributed by atoms with Gasteiger partial charge in [-0.1, -0.05) is 19.3 Å². The summed E-state index contributed by atoms with van der Waals surface area (Å²) in [6.07, 6.45) is 5.83. The van der Waals surface area contributed by atoms with Gasteiger partial charge >= 0.3 is 0 Å². The van der Waals surface area contributed by atoms with Crippen LogP contribution in [0, 0.1) is 6.92 Å². The summed E-state index contributed by atoms with van der Waals surface area (Å²) in [5, 5.41) is 6.38. The summed E-state index contributed by atoms with van der Waals surface area (Å²) in [6, 6.07) is 3.68. The van der Waals surface area contributed by atoms with E-state index in [4.69, 9.17) is 0 Å². The number of hydrogen-bond donors (Lipinski definition) is 2. The Balaban J connectivity index is 2.12. The highest BCUT2D eigenvalue weighted by molar-refractivity contribution is 5.95. The molecule has 4 nitrogen and oxygen atoms in total. The van der Waals surface area contributed by atoms with Crippen molar-refractivity contribution in [2.45, 2.75) is 58.4 Å². The first-order valence-corrected chi connectivity index (χ1v) is 7.57. The van der Waals surface area contributed by atoms with Gasteiger partial charge in [0, 0.05) is 23.3 Å². The number of nitrogens with one attached hydrogen (secondary N) is 2. The topological polar surface area (TPSA) is 54.0 Å². The van der Waals surface area contributed by atoms with Crippen molar-refractivity contribution in [1.29, 1.82) is 0 Å². The second-order valence-electron chi connectivity index (χ2n) is 5.99. The van der Waals surface area contributed by atoms with Crippen molar-refractivity contribution in [3.05, 3.63) is 23.4 Å². The van der Waals surface area contributed by atoms with Gasteiger partial charge in [-0.3, -0.25) is 4.79 Å². The molecule has 110 valence electrons. The van der Waals surface area contributed by atoms with E-state index in [2.05, 4.69) is 22.5 Å². The molecule has 1 aromatic heterocycles. The van der Waals surface area contributed by atoms with Gasteiger partial charge in [0.15, 0.2) is 0 Å². The average Bonchev–Trinajstić information content (AvgIpc) is 2.38. The van der Waals surface area contributed by atoms with Gasteiger partial charge in [0.05, 0.1) is 0 Å². The van der Waals surface area contributed by atoms with Crippen molar-refractivity contribution in [2.24, 2.45) is 0 Å². The van der Waals surface area contributed by atoms with Gasteiger partial charge < -0.3 is 10.6 Å². The molecule has 1 amide bonds. The number of pyridine rings is 1. The summed E-state index contributed by atoms with van der Waals surface area (Å²) in [4.78, 5) is 16.8. The van der Waals surface area contributed by atoms with Crippen LogP contribution in [0.15, 0.2) is 12.1 Å². The molecule has 1 aromatic rings. The fourth-order valence-corrected chi connectivity index (χ4v) is 2.87. The second kappa shape index (κ2) is 6.25. The smallest absolute Gasteiger partial charge is 0.251 e. The fourth-order valence-electron chi connectivity index (χ4n) is 2.87. The van der Waals surface area contributed by atoms with Crippen LogP contribution in [-0.4, -0.2) is 23.0 Å². The number of carbonyl (C=O) groups excluding carboxylic acids is 1. The minimum Gasteiger partial charge on any atom is -0.370 e. The number of rotatable bonds is 4. The predicted octanol–water partition coefficient (Wildman–Crippen LogP) is 3.27. The summed E-state index contributed by atoms with van der Waals surface area (Å²) in [7, 11) is 0. The number of amides is 1. The van der Waals surface area contributed by atoms with Crippen molar-refractivity contribution < 1.29 is 4.79 Å². The molecule has 4 heteroatoms. The molecule has 2 N–H and O–H groups in total. The molecule has 1 saturated carbocycles. The lowest BCUT2D eigenvalue weighted by molar-refractivity contribution is 0.0882. The van der Waals surface area contributed by atoms with E-state index in [0.717, 1.165) is 30.9 Å². The first kappa shape index (κ1) is 14.8. The molecule has 1 aliphatic rings. The maximum absolute atomic E-state index is 12.5. The van der Waals surface area contributed by atoms with E-state index in [-0.39, 0.29) is 11.4 Å². The molecule has 2 rings (SSSR count). The molecule has 1 aliphatic carbocycles. The molecule has 0 aromatic carbocycles. The maximum Gasteiger partial charge on any atom is 0.251 e. The number of aryl methyl sites for hydroxylation is 1. The fraction of sp³-hybridized carbons (Fsp3) is 0.625. The van der Waals surface area contributed by atoms with Crippen LogP contribution < -0.4 is 10.6 Å². The van der Waals surface area contributed by atoms with E-state index in [9.17, 15) is 4.79 Å². The van der Waals surface area contributed by atoms with E-state index in [0.29, 0.717) is 5.56 Å². The summed E-state index contributed by atoms with van der Waals surface area (Å²) in [5.41, 5.74) is 1.51. The Morgan fingerprint density at radius 3 is 2.65 bits per heavy atom. The van der Waals surface area contributed by atoms with Crippen molar-refractivity contribution in [2.75, 3.05) is 11.9 Å². The first-order valence-electron chi connectivity index (χ1n) is 7.57. The third-order valence-corrected chi connectivity index (χ3v) is 3.95. The third kappa shape index (κ3) is 3.71. The van der Waals surface area contributed by atoms with Gasteiger partial charge in [0.2, 0.25) is 0 Å². The van der Waals surface area contributed by atoms with E-state index in [1.54, 1.807) is 0 Å². The quantitative estimate of drug-likeness (QED) is 0.886. The Hall–Kier alpha value is -1.58. The molecule has 1 heterocycles. The van der Waals surface area contributed by atoms with Crippen molar-refractivity contribution >= 4 is 11.7 Å². The van der Waals surface area contributed by atoms with Gasteiger partial charge in [-0.15, -0.1) is 0 Å². The van der Waals surface area contributed by atoms with Gasteiger partial charge in [-0.05, 0) is 45.7 Å². The monoisotopic (exact) mass is 275 g/mol. The average molecular weight is 275 g/mol.